The van der Waals surface area contributed by atoms with Crippen LogP contribution in [0.2, 0.25) is 0 Å². The van der Waals surface area contributed by atoms with Gasteiger partial charge in [0.2, 0.25) is 5.91 Å². The second-order valence-corrected chi connectivity index (χ2v) is 20.6. The van der Waals surface area contributed by atoms with Crippen LogP contribution in [0.25, 0.3) is 0 Å². The van der Waals surface area contributed by atoms with E-state index in [0.29, 0.717) is 12.8 Å². The first-order chi connectivity index (χ1) is 31.5. The van der Waals surface area contributed by atoms with Gasteiger partial charge in [0.25, 0.3) is 0 Å². The number of carbonyl (C=O) groups excluding carboxylic acids is 1. The molecular weight excluding hydrogens is 847 g/mol. The molecule has 0 aliphatic carbocycles. The van der Waals surface area contributed by atoms with Gasteiger partial charge < -0.3 is 35.2 Å². The first-order valence-electron chi connectivity index (χ1n) is 27.4. The number of rotatable bonds is 48. The Morgan fingerprint density at radius 1 is 0.554 bits per heavy atom. The molecule has 7 atom stereocenters. The third-order valence-corrected chi connectivity index (χ3v) is 13.9. The fraction of sp³-hybridized carbons (Fsp3) is 0.981. The van der Waals surface area contributed by atoms with Crippen LogP contribution in [-0.2, 0) is 28.9 Å². The summed E-state index contributed by atoms with van der Waals surface area (Å²) in [5.74, 6) is -0.223. The number of amides is 1. The van der Waals surface area contributed by atoms with Gasteiger partial charge in [0, 0.05) is 6.42 Å². The highest BCUT2D eigenvalue weighted by atomic mass is 32.3. The fourth-order valence-electron chi connectivity index (χ4n) is 9.17. The molecule has 0 radical (unpaired) electrons. The minimum absolute atomic E-state index is 0.223. The van der Waals surface area contributed by atoms with Crippen molar-refractivity contribution in [1.29, 1.82) is 0 Å². The standard InChI is InChI=1S/C52H103NO11S/c1-3-5-7-9-11-13-15-17-19-21-23-25-27-29-31-33-35-37-39-41-46(55)45(44-62-52-50(58)51(64-65(59,60)61)49(57)47(43-54)63-52)53-48(56)42-40-38-36-34-32-30-28-26-24-22-20-18-16-14-12-10-8-6-4-2/h45-47,49-52,54-55,57-58H,3-44H2,1-2H3,(H,53,56)(H,59,60,61). The lowest BCUT2D eigenvalue weighted by atomic mass is 9.99. The van der Waals surface area contributed by atoms with Crippen LogP contribution in [0.4, 0.5) is 0 Å². The van der Waals surface area contributed by atoms with E-state index in [1.165, 1.54) is 193 Å². The average Bonchev–Trinajstić information content (AvgIpc) is 3.28. The summed E-state index contributed by atoms with van der Waals surface area (Å²) in [4.78, 5) is 13.1. The van der Waals surface area contributed by atoms with E-state index >= 15 is 0 Å². The Hall–Kier alpha value is -0.900. The summed E-state index contributed by atoms with van der Waals surface area (Å²) < 4.78 is 47.9. The topological polar surface area (TPSA) is 192 Å². The summed E-state index contributed by atoms with van der Waals surface area (Å²) in [6.07, 6.45) is 39.5. The zero-order valence-electron chi connectivity index (χ0n) is 41.8. The van der Waals surface area contributed by atoms with Gasteiger partial charge in [-0.05, 0) is 12.8 Å². The Morgan fingerprint density at radius 3 is 1.23 bits per heavy atom. The normalized spacial score (nSPS) is 20.0. The van der Waals surface area contributed by atoms with E-state index in [2.05, 4.69) is 23.3 Å². The molecule has 12 nitrogen and oxygen atoms in total. The number of unbranched alkanes of at least 4 members (excludes halogenated alkanes) is 36. The van der Waals surface area contributed by atoms with E-state index < -0.39 is 59.9 Å². The lowest BCUT2D eigenvalue weighted by Gasteiger charge is -2.41. The number of hydrogen-bond acceptors (Lipinski definition) is 10. The van der Waals surface area contributed by atoms with Crippen LogP contribution in [0.15, 0.2) is 0 Å². The van der Waals surface area contributed by atoms with Gasteiger partial charge in [0.1, 0.15) is 24.4 Å². The molecule has 0 aromatic heterocycles. The number of carbonyl (C=O) groups is 1. The number of nitrogens with one attached hydrogen (secondary N) is 1. The van der Waals surface area contributed by atoms with Crippen LogP contribution in [-0.4, -0.2) is 95.4 Å². The highest BCUT2D eigenvalue weighted by Crippen LogP contribution is 2.26. The van der Waals surface area contributed by atoms with Crippen molar-refractivity contribution < 1.29 is 51.8 Å². The third kappa shape index (κ3) is 35.8. The Labute approximate surface area is 398 Å². The van der Waals surface area contributed by atoms with Gasteiger partial charge in [-0.15, -0.1) is 0 Å². The van der Waals surface area contributed by atoms with E-state index in [-0.39, 0.29) is 12.5 Å². The van der Waals surface area contributed by atoms with Crippen molar-refractivity contribution in [2.24, 2.45) is 0 Å². The predicted octanol–water partition coefficient (Wildman–Crippen LogP) is 12.1. The molecular formula is C52H103NO11S. The van der Waals surface area contributed by atoms with Crippen molar-refractivity contribution in [2.45, 2.75) is 314 Å². The minimum Gasteiger partial charge on any atom is -0.394 e. The average molecular weight is 950 g/mol. The van der Waals surface area contributed by atoms with Gasteiger partial charge >= 0.3 is 10.4 Å². The zero-order chi connectivity index (χ0) is 47.6. The molecule has 1 heterocycles. The summed E-state index contributed by atoms with van der Waals surface area (Å²) in [6, 6.07) is -0.852. The Bertz CT molecular complexity index is 1160. The lowest BCUT2D eigenvalue weighted by Crippen LogP contribution is -2.61. The number of aliphatic hydroxyl groups excluding tert-OH is 4. The van der Waals surface area contributed by atoms with Gasteiger partial charge in [-0.2, -0.15) is 8.42 Å². The smallest absolute Gasteiger partial charge is 0.394 e. The molecule has 0 spiro atoms. The summed E-state index contributed by atoms with van der Waals surface area (Å²) in [5, 5.41) is 45.1. The Balaban J connectivity index is 2.38. The molecule has 1 aliphatic rings. The first-order valence-corrected chi connectivity index (χ1v) is 28.8. The molecule has 1 saturated heterocycles. The summed E-state index contributed by atoms with van der Waals surface area (Å²) in [6.45, 7) is 3.49. The van der Waals surface area contributed by atoms with E-state index in [1.54, 1.807) is 0 Å². The number of hydrogen-bond donors (Lipinski definition) is 6. The molecule has 65 heavy (non-hydrogen) atoms. The maximum Gasteiger partial charge on any atom is 0.397 e. The maximum absolute atomic E-state index is 13.1. The molecule has 388 valence electrons. The molecule has 0 aromatic rings. The van der Waals surface area contributed by atoms with Gasteiger partial charge in [-0.1, -0.05) is 251 Å². The van der Waals surface area contributed by atoms with Crippen molar-refractivity contribution in [2.75, 3.05) is 13.2 Å². The molecule has 0 saturated carbocycles. The molecule has 1 aliphatic heterocycles. The third-order valence-electron chi connectivity index (χ3n) is 13.4. The quantitative estimate of drug-likeness (QED) is 0.0251. The van der Waals surface area contributed by atoms with Crippen LogP contribution in [0.3, 0.4) is 0 Å². The second-order valence-electron chi connectivity index (χ2n) is 19.5. The highest BCUT2D eigenvalue weighted by molar-refractivity contribution is 7.80. The summed E-state index contributed by atoms with van der Waals surface area (Å²) in [7, 11) is -5.08. The van der Waals surface area contributed by atoms with Crippen molar-refractivity contribution in [3.63, 3.8) is 0 Å². The van der Waals surface area contributed by atoms with E-state index in [0.717, 1.165) is 51.4 Å². The second kappa shape index (κ2) is 43.1. The van der Waals surface area contributed by atoms with Crippen molar-refractivity contribution in [1.82, 2.24) is 5.32 Å². The van der Waals surface area contributed by atoms with Crippen molar-refractivity contribution in [3.05, 3.63) is 0 Å². The van der Waals surface area contributed by atoms with E-state index in [1.807, 2.05) is 0 Å². The zero-order valence-corrected chi connectivity index (χ0v) is 42.7. The first kappa shape index (κ1) is 62.1. The van der Waals surface area contributed by atoms with Crippen LogP contribution < -0.4 is 5.32 Å². The van der Waals surface area contributed by atoms with Crippen LogP contribution in [0.1, 0.15) is 271 Å². The van der Waals surface area contributed by atoms with Crippen LogP contribution in [0.5, 0.6) is 0 Å². The minimum atomic E-state index is -5.08. The Kier molecular flexibility index (Phi) is 41.2. The van der Waals surface area contributed by atoms with E-state index in [4.69, 9.17) is 9.47 Å². The fourth-order valence-corrected chi connectivity index (χ4v) is 9.68. The molecule has 13 heteroatoms. The van der Waals surface area contributed by atoms with Crippen molar-refractivity contribution >= 4 is 16.3 Å². The summed E-state index contributed by atoms with van der Waals surface area (Å²) in [5.41, 5.74) is 0. The highest BCUT2D eigenvalue weighted by Gasteiger charge is 2.48. The summed E-state index contributed by atoms with van der Waals surface area (Å²) >= 11 is 0. The molecule has 1 rings (SSSR count). The van der Waals surface area contributed by atoms with Gasteiger partial charge in [-0.3, -0.25) is 9.35 Å². The van der Waals surface area contributed by atoms with Crippen molar-refractivity contribution in [3.8, 4) is 0 Å². The molecule has 7 unspecified atom stereocenters. The molecule has 0 aromatic carbocycles. The molecule has 1 fully saturated rings. The van der Waals surface area contributed by atoms with Crippen LogP contribution in [0, 0.1) is 0 Å². The van der Waals surface area contributed by atoms with Gasteiger partial charge in [0.05, 0.1) is 25.4 Å². The Morgan fingerprint density at radius 2 is 0.892 bits per heavy atom. The molecule has 1 amide bonds. The van der Waals surface area contributed by atoms with Crippen LogP contribution >= 0.6 is 0 Å². The number of ether oxygens (including phenoxy) is 2. The SMILES string of the molecule is CCCCCCCCCCCCCCCCCCCCCC(=O)NC(COC1OC(CO)C(O)C(OS(=O)(=O)O)C1O)C(O)CCCCCCCCCCCCCCCCCCCCC. The van der Waals surface area contributed by atoms with Gasteiger partial charge in [-0.25, -0.2) is 4.18 Å². The predicted molar refractivity (Wildman–Crippen MR) is 264 cm³/mol. The van der Waals surface area contributed by atoms with E-state index in [9.17, 15) is 38.2 Å². The molecule has 0 bridgehead atoms. The monoisotopic (exact) mass is 950 g/mol. The lowest BCUT2D eigenvalue weighted by molar-refractivity contribution is -0.298. The maximum atomic E-state index is 13.1. The van der Waals surface area contributed by atoms with Gasteiger partial charge in [0.15, 0.2) is 6.29 Å². The molecule has 6 N–H and O–H groups in total. The number of aliphatic hydroxyl groups is 4. The largest absolute Gasteiger partial charge is 0.397 e.